The molecule has 2 aliphatic rings. The van der Waals surface area contributed by atoms with Crippen LogP contribution in [-0.2, 0) is 36.3 Å². The Morgan fingerprint density at radius 2 is 1.46 bits per heavy atom. The molecule has 4 aromatic carbocycles. The van der Waals surface area contributed by atoms with Gasteiger partial charge in [0.05, 0.1) is 23.0 Å². The number of benzene rings is 4. The molecule has 2 amide bonds. The van der Waals surface area contributed by atoms with Crippen LogP contribution in [0, 0.1) is 0 Å². The van der Waals surface area contributed by atoms with Crippen molar-refractivity contribution < 1.29 is 32.9 Å². The summed E-state index contributed by atoms with van der Waals surface area (Å²) in [5.74, 6) is -1.38. The zero-order valence-electron chi connectivity index (χ0n) is 24.6. The first-order chi connectivity index (χ1) is 22.4. The minimum Gasteiger partial charge on any atom is -0.489 e. The van der Waals surface area contributed by atoms with E-state index in [1.807, 2.05) is 78.9 Å². The van der Waals surface area contributed by atoms with Gasteiger partial charge in [0, 0.05) is 11.1 Å². The molecule has 0 aliphatic carbocycles. The minimum absolute atomic E-state index is 0.0481. The zero-order valence-corrected chi connectivity index (χ0v) is 25.4. The van der Waals surface area contributed by atoms with Crippen LogP contribution in [0.25, 0.3) is 0 Å². The van der Waals surface area contributed by atoms with Gasteiger partial charge in [0.15, 0.2) is 6.10 Å². The predicted octanol–water partition coefficient (Wildman–Crippen LogP) is 4.12. The Bertz CT molecular complexity index is 1760. The highest BCUT2D eigenvalue weighted by atomic mass is 32.2. The number of fused-ring (bicyclic) bond motifs is 1. The number of esters is 1. The molecular formula is C36H30N2O7S. The van der Waals surface area contributed by atoms with Crippen molar-refractivity contribution in [1.29, 1.82) is 0 Å². The average molecular weight is 635 g/mol. The van der Waals surface area contributed by atoms with E-state index >= 15 is 0 Å². The van der Waals surface area contributed by atoms with Crippen LogP contribution in [0.2, 0.25) is 0 Å². The molecule has 6 rings (SSSR count). The Morgan fingerprint density at radius 1 is 0.870 bits per heavy atom. The van der Waals surface area contributed by atoms with Gasteiger partial charge in [0.25, 0.3) is 5.91 Å². The molecular weight excluding hydrogens is 604 g/mol. The normalized spacial score (nSPS) is 18.8. The van der Waals surface area contributed by atoms with Gasteiger partial charge in [-0.25, -0.2) is 4.79 Å². The molecule has 232 valence electrons. The third-order valence-corrected chi connectivity index (χ3v) is 9.44. The van der Waals surface area contributed by atoms with E-state index in [1.165, 1.54) is 4.90 Å². The quantitative estimate of drug-likeness (QED) is 0.150. The smallest absolute Gasteiger partial charge is 0.356 e. The topological polar surface area (TPSA) is 119 Å². The van der Waals surface area contributed by atoms with Crippen LogP contribution in [0.4, 0.5) is 0 Å². The first-order valence-corrected chi connectivity index (χ1v) is 16.1. The highest BCUT2D eigenvalue weighted by molar-refractivity contribution is 7.86. The van der Waals surface area contributed by atoms with Gasteiger partial charge < -0.3 is 14.8 Å². The van der Waals surface area contributed by atoms with E-state index in [-0.39, 0.29) is 24.5 Å². The standard InChI is InChI=1S/C36H30N2O7S/c39-21-25-16-18-29(19-17-25)44-22-28-23-46(43)35-31(37-30(40)20-24-10-4-1-5-11-24)34(41)38(35)32(28)36(42)45-33(26-12-6-2-7-13-26)27-14-8-3-9-15-27/h1-19,21,31,33,35H,20,22-23H2,(H,37,40)/t31-,35-,46?/m1/s1. The second-order valence-electron chi connectivity index (χ2n) is 10.9. The minimum atomic E-state index is -1.66. The maximum atomic E-state index is 14.1. The number of hydrogen-bond acceptors (Lipinski definition) is 7. The number of amides is 2. The molecule has 0 bridgehead atoms. The molecule has 46 heavy (non-hydrogen) atoms. The third-order valence-electron chi connectivity index (χ3n) is 7.78. The summed E-state index contributed by atoms with van der Waals surface area (Å²) in [5.41, 5.74) is 2.97. The Labute approximate surface area is 268 Å². The molecule has 1 saturated heterocycles. The van der Waals surface area contributed by atoms with E-state index < -0.39 is 46.1 Å². The Kier molecular flexibility index (Phi) is 9.16. The fourth-order valence-electron chi connectivity index (χ4n) is 5.52. The summed E-state index contributed by atoms with van der Waals surface area (Å²) >= 11 is 0. The van der Waals surface area contributed by atoms with Crippen LogP contribution < -0.4 is 10.1 Å². The molecule has 0 aromatic heterocycles. The van der Waals surface area contributed by atoms with Gasteiger partial charge in [0.1, 0.15) is 35.8 Å². The second kappa shape index (κ2) is 13.7. The van der Waals surface area contributed by atoms with Gasteiger partial charge in [-0.3, -0.25) is 23.5 Å². The lowest BCUT2D eigenvalue weighted by atomic mass is 10.0. The molecule has 0 spiro atoms. The van der Waals surface area contributed by atoms with Gasteiger partial charge >= 0.3 is 5.97 Å². The van der Waals surface area contributed by atoms with E-state index in [9.17, 15) is 23.4 Å². The Hall–Kier alpha value is -5.35. The maximum absolute atomic E-state index is 14.1. The fraction of sp³-hybridized carbons (Fsp3) is 0.167. The Morgan fingerprint density at radius 3 is 2.04 bits per heavy atom. The van der Waals surface area contributed by atoms with Crippen molar-refractivity contribution in [2.75, 3.05) is 12.4 Å². The number of aldehydes is 1. The first kappa shape index (κ1) is 30.7. The molecule has 1 unspecified atom stereocenters. The van der Waals surface area contributed by atoms with Crippen molar-refractivity contribution in [1.82, 2.24) is 10.2 Å². The number of rotatable bonds is 11. The molecule has 2 aliphatic heterocycles. The summed E-state index contributed by atoms with van der Waals surface area (Å²) in [7, 11) is -1.66. The molecule has 1 N–H and O–H groups in total. The lowest BCUT2D eigenvalue weighted by Crippen LogP contribution is -2.73. The van der Waals surface area contributed by atoms with Gasteiger partial charge in [0.2, 0.25) is 5.91 Å². The van der Waals surface area contributed by atoms with Crippen LogP contribution in [0.15, 0.2) is 127 Å². The molecule has 2 heterocycles. The number of hydrogen-bond donors (Lipinski definition) is 1. The van der Waals surface area contributed by atoms with Crippen molar-refractivity contribution in [3.8, 4) is 5.75 Å². The highest BCUT2D eigenvalue weighted by Gasteiger charge is 2.57. The van der Waals surface area contributed by atoms with E-state index in [1.54, 1.807) is 36.4 Å². The maximum Gasteiger partial charge on any atom is 0.356 e. The van der Waals surface area contributed by atoms with Gasteiger partial charge in [-0.05, 0) is 41.0 Å². The van der Waals surface area contributed by atoms with Crippen LogP contribution in [0.3, 0.4) is 0 Å². The van der Waals surface area contributed by atoms with E-state index in [2.05, 4.69) is 5.32 Å². The number of ether oxygens (including phenoxy) is 2. The predicted molar refractivity (Wildman–Crippen MR) is 171 cm³/mol. The molecule has 0 saturated carbocycles. The number of carbonyl (C=O) groups excluding carboxylic acids is 4. The molecule has 4 aromatic rings. The number of β-lactam (4-membered cyclic amide) rings is 1. The van der Waals surface area contributed by atoms with Crippen molar-refractivity contribution in [2.24, 2.45) is 0 Å². The van der Waals surface area contributed by atoms with Gasteiger partial charge in [-0.1, -0.05) is 91.0 Å². The average Bonchev–Trinajstić information content (AvgIpc) is 3.09. The van der Waals surface area contributed by atoms with Gasteiger partial charge in [-0.15, -0.1) is 0 Å². The van der Waals surface area contributed by atoms with Crippen molar-refractivity contribution in [2.45, 2.75) is 23.9 Å². The number of nitrogens with one attached hydrogen (secondary N) is 1. The fourth-order valence-corrected chi connectivity index (χ4v) is 7.19. The summed E-state index contributed by atoms with van der Waals surface area (Å²) in [6.45, 7) is -0.153. The summed E-state index contributed by atoms with van der Waals surface area (Å²) < 4.78 is 25.6. The largest absolute Gasteiger partial charge is 0.489 e. The first-order valence-electron chi connectivity index (χ1n) is 14.7. The summed E-state index contributed by atoms with van der Waals surface area (Å²) in [5, 5.41) is 1.78. The SMILES string of the molecule is O=Cc1ccc(OCC2=C(C(=O)OC(c3ccccc3)c3ccccc3)N3C(=O)[C@@H](NC(=O)Cc4ccccc4)[C@H]3S(=O)C2)cc1. The molecule has 0 radical (unpaired) electrons. The summed E-state index contributed by atoms with van der Waals surface area (Å²) in [6.07, 6.45) is -0.0262. The second-order valence-corrected chi connectivity index (χ2v) is 12.4. The zero-order chi connectivity index (χ0) is 32.0. The van der Waals surface area contributed by atoms with Gasteiger partial charge in [-0.2, -0.15) is 0 Å². The van der Waals surface area contributed by atoms with E-state index in [0.29, 0.717) is 23.2 Å². The van der Waals surface area contributed by atoms with Crippen LogP contribution >= 0.6 is 0 Å². The Balaban J connectivity index is 1.30. The molecule has 9 nitrogen and oxygen atoms in total. The molecule has 3 atom stereocenters. The monoisotopic (exact) mass is 634 g/mol. The van der Waals surface area contributed by atoms with E-state index in [0.717, 1.165) is 16.7 Å². The number of nitrogens with zero attached hydrogens (tertiary/aromatic N) is 1. The van der Waals surface area contributed by atoms with Crippen molar-refractivity contribution in [3.05, 3.63) is 149 Å². The molecule has 10 heteroatoms. The lowest BCUT2D eigenvalue weighted by molar-refractivity contribution is -0.155. The molecule has 1 fully saturated rings. The number of carbonyl (C=O) groups is 4. The summed E-state index contributed by atoms with van der Waals surface area (Å²) in [4.78, 5) is 52.8. The van der Waals surface area contributed by atoms with Crippen LogP contribution in [0.1, 0.15) is 33.2 Å². The van der Waals surface area contributed by atoms with Crippen molar-refractivity contribution >= 4 is 34.9 Å². The van der Waals surface area contributed by atoms with Crippen LogP contribution in [0.5, 0.6) is 5.75 Å². The third kappa shape index (κ3) is 6.52. The summed E-state index contributed by atoms with van der Waals surface area (Å²) in [6, 6.07) is 32.9. The lowest BCUT2D eigenvalue weighted by Gasteiger charge is -2.49. The van der Waals surface area contributed by atoms with E-state index in [4.69, 9.17) is 9.47 Å². The highest BCUT2D eigenvalue weighted by Crippen LogP contribution is 2.37. The van der Waals surface area contributed by atoms with Crippen molar-refractivity contribution in [3.63, 3.8) is 0 Å². The van der Waals surface area contributed by atoms with Crippen LogP contribution in [-0.4, -0.2) is 57.0 Å².